The lowest BCUT2D eigenvalue weighted by Crippen LogP contribution is -2.25. The second-order valence-corrected chi connectivity index (χ2v) is 10.1. The molecule has 4 N–H and O–H groups in total. The second-order valence-electron chi connectivity index (χ2n) is 8.55. The van der Waals surface area contributed by atoms with Crippen molar-refractivity contribution in [3.8, 4) is 5.75 Å². The normalized spacial score (nSPS) is 13.0. The summed E-state index contributed by atoms with van der Waals surface area (Å²) in [6, 6.07) is 10.1. The van der Waals surface area contributed by atoms with Gasteiger partial charge in [-0.2, -0.15) is 0 Å². The summed E-state index contributed by atoms with van der Waals surface area (Å²) in [4.78, 5) is 3.93. The third kappa shape index (κ3) is 8.63. The molecular weight excluding hydrogens is 421 g/mol. The summed E-state index contributed by atoms with van der Waals surface area (Å²) in [5, 5.41) is 8.24. The van der Waals surface area contributed by atoms with Crippen LogP contribution < -0.4 is 16.2 Å². The van der Waals surface area contributed by atoms with Crippen LogP contribution in [0.2, 0.25) is 0 Å². The van der Waals surface area contributed by atoms with Gasteiger partial charge in [-0.15, -0.1) is 10.2 Å². The second kappa shape index (κ2) is 9.74. The zero-order valence-electron chi connectivity index (χ0n) is 18.7. The van der Waals surface area contributed by atoms with Crippen molar-refractivity contribution in [1.29, 1.82) is 0 Å². The van der Waals surface area contributed by atoms with Gasteiger partial charge < -0.3 is 16.2 Å². The molecule has 0 spiro atoms. The fraction of sp³-hybridized carbons (Fsp3) is 0.450. The Kier molecular flexibility index (Phi) is 7.77. The summed E-state index contributed by atoms with van der Waals surface area (Å²) in [5.41, 5.74) is 10.7. The first kappa shape index (κ1) is 24.7. The maximum atomic E-state index is 13.1. The Morgan fingerprint density at radius 3 is 2.06 bits per heavy atom. The van der Waals surface area contributed by atoms with Gasteiger partial charge in [0.1, 0.15) is 22.9 Å². The van der Waals surface area contributed by atoms with E-state index in [0.717, 1.165) is 0 Å². The van der Waals surface area contributed by atoms with E-state index in [1.807, 2.05) is 0 Å². The molecule has 0 saturated heterocycles. The number of phosphoric ester groups is 1. The van der Waals surface area contributed by atoms with Crippen molar-refractivity contribution in [2.45, 2.75) is 52.7 Å². The third-order valence-electron chi connectivity index (χ3n) is 3.25. The summed E-state index contributed by atoms with van der Waals surface area (Å²) in [7, 11) is -3.90. The first-order valence-corrected chi connectivity index (χ1v) is 11.0. The Morgan fingerprint density at radius 2 is 1.48 bits per heavy atom. The Morgan fingerprint density at radius 1 is 0.903 bits per heavy atom. The van der Waals surface area contributed by atoms with E-state index in [-0.39, 0.29) is 18.4 Å². The first-order valence-electron chi connectivity index (χ1n) is 9.58. The van der Waals surface area contributed by atoms with Crippen molar-refractivity contribution in [2.75, 3.05) is 18.3 Å². The van der Waals surface area contributed by atoms with Gasteiger partial charge in [0.2, 0.25) is 0 Å². The Bertz CT molecular complexity index is 949. The number of para-hydroxylation sites is 1. The number of ether oxygens (including phenoxy) is 1. The molecule has 1 aromatic heterocycles. The van der Waals surface area contributed by atoms with Gasteiger partial charge in [0.25, 0.3) is 0 Å². The number of nitrogen functional groups attached to an aromatic ring is 2. The van der Waals surface area contributed by atoms with E-state index in [1.54, 1.807) is 77.9 Å². The van der Waals surface area contributed by atoms with E-state index < -0.39 is 19.0 Å². The molecule has 0 aliphatic carbocycles. The highest BCUT2D eigenvalue weighted by molar-refractivity contribution is 7.48. The average molecular weight is 451 g/mol. The molecule has 10 nitrogen and oxygen atoms in total. The molecule has 0 aliphatic heterocycles. The van der Waals surface area contributed by atoms with Crippen LogP contribution in [0.15, 0.2) is 46.6 Å². The van der Waals surface area contributed by atoms with E-state index in [1.165, 1.54) is 0 Å². The van der Waals surface area contributed by atoms with E-state index in [9.17, 15) is 4.57 Å². The highest BCUT2D eigenvalue weighted by Gasteiger charge is 2.37. The minimum Gasteiger partial charge on any atom is -0.465 e. The molecule has 2 aromatic rings. The number of azo groups is 1. The molecule has 0 bridgehead atoms. The minimum atomic E-state index is -3.90. The third-order valence-corrected chi connectivity index (χ3v) is 5.22. The lowest BCUT2D eigenvalue weighted by Gasteiger charge is -2.30. The summed E-state index contributed by atoms with van der Waals surface area (Å²) in [6.45, 7) is 10.1. The largest absolute Gasteiger partial charge is 0.478 e. The van der Waals surface area contributed by atoms with Gasteiger partial charge in [0.05, 0.1) is 11.2 Å². The van der Waals surface area contributed by atoms with Crippen molar-refractivity contribution in [3.63, 3.8) is 0 Å². The number of benzene rings is 1. The summed E-state index contributed by atoms with van der Waals surface area (Å²) < 4.78 is 35.2. The fourth-order valence-corrected chi connectivity index (χ4v) is 3.90. The van der Waals surface area contributed by atoms with Gasteiger partial charge in [-0.25, -0.2) is 14.1 Å². The highest BCUT2D eigenvalue weighted by Crippen LogP contribution is 2.55. The monoisotopic (exact) mass is 451 g/mol. The number of rotatable bonds is 8. The minimum absolute atomic E-state index is 0.157. The van der Waals surface area contributed by atoms with Gasteiger partial charge >= 0.3 is 7.82 Å². The maximum absolute atomic E-state index is 13.1. The number of anilines is 2. The molecule has 0 amide bonds. The molecule has 31 heavy (non-hydrogen) atoms. The number of aromatic nitrogens is 1. The molecule has 0 aliphatic rings. The molecule has 2 rings (SSSR count). The number of pyridine rings is 1. The molecule has 0 atom stereocenters. The number of nitrogens with zero attached hydrogens (tertiary/aromatic N) is 3. The number of nitrogens with two attached hydrogens (primary N) is 2. The van der Waals surface area contributed by atoms with E-state index in [4.69, 9.17) is 29.8 Å². The van der Waals surface area contributed by atoms with E-state index in [2.05, 4.69) is 15.2 Å². The van der Waals surface area contributed by atoms with Crippen LogP contribution >= 0.6 is 7.82 Å². The molecule has 0 unspecified atom stereocenters. The lowest BCUT2D eigenvalue weighted by atomic mass is 10.2. The van der Waals surface area contributed by atoms with Gasteiger partial charge in [-0.3, -0.25) is 9.05 Å². The summed E-state index contributed by atoms with van der Waals surface area (Å²) in [5.74, 6) is 0.799. The SMILES string of the molecule is CC(C)(C)OP(=O)(OCOc1ccccc1N=Nc1ccc(N)nc1N)OC(C)(C)C. The molecule has 0 radical (unpaired) electrons. The van der Waals surface area contributed by atoms with Crippen molar-refractivity contribution < 1.29 is 22.9 Å². The van der Waals surface area contributed by atoms with Crippen LogP contribution in [-0.2, 0) is 18.1 Å². The van der Waals surface area contributed by atoms with Crippen molar-refractivity contribution in [2.24, 2.45) is 10.2 Å². The Labute approximate surface area is 182 Å². The molecule has 1 aromatic carbocycles. The topological polar surface area (TPSA) is 144 Å². The van der Waals surface area contributed by atoms with Crippen molar-refractivity contribution >= 4 is 30.8 Å². The van der Waals surface area contributed by atoms with Crippen LogP contribution in [0.1, 0.15) is 41.5 Å². The zero-order chi connectivity index (χ0) is 23.3. The van der Waals surface area contributed by atoms with Crippen LogP contribution in [0.25, 0.3) is 0 Å². The van der Waals surface area contributed by atoms with Crippen molar-refractivity contribution in [3.05, 3.63) is 36.4 Å². The summed E-state index contributed by atoms with van der Waals surface area (Å²) in [6.07, 6.45) is 0. The zero-order valence-corrected chi connectivity index (χ0v) is 19.6. The molecule has 0 fully saturated rings. The number of hydrogen-bond donors (Lipinski definition) is 2. The predicted octanol–water partition coefficient (Wildman–Crippen LogP) is 5.75. The lowest BCUT2D eigenvalue weighted by molar-refractivity contribution is -0.0188. The van der Waals surface area contributed by atoms with Gasteiger partial charge in [-0.1, -0.05) is 12.1 Å². The van der Waals surface area contributed by atoms with Crippen LogP contribution in [0, 0.1) is 0 Å². The standard InChI is InChI=1S/C20H30N5O5P/c1-19(2,3)29-31(26,30-20(4,5)6)28-13-27-16-10-8-7-9-14(16)24-25-15-11-12-17(21)23-18(15)22/h7-12H,13H2,1-6H3,(H4,21,22,23). The average Bonchev–Trinajstić information content (AvgIpc) is 2.58. The van der Waals surface area contributed by atoms with Gasteiger partial charge in [0.15, 0.2) is 12.6 Å². The smallest absolute Gasteiger partial charge is 0.465 e. The Hall–Kier alpha value is -2.52. The van der Waals surface area contributed by atoms with Crippen LogP contribution in [0.5, 0.6) is 5.75 Å². The molecular formula is C20H30N5O5P. The molecule has 1 heterocycles. The van der Waals surface area contributed by atoms with E-state index >= 15 is 0 Å². The van der Waals surface area contributed by atoms with Gasteiger partial charge in [-0.05, 0) is 65.8 Å². The first-order chi connectivity index (χ1) is 14.3. The van der Waals surface area contributed by atoms with Crippen LogP contribution in [0.4, 0.5) is 23.0 Å². The Balaban J connectivity index is 2.13. The number of hydrogen-bond acceptors (Lipinski definition) is 10. The fourth-order valence-electron chi connectivity index (χ4n) is 2.23. The van der Waals surface area contributed by atoms with Crippen molar-refractivity contribution in [1.82, 2.24) is 4.98 Å². The van der Waals surface area contributed by atoms with Gasteiger partial charge in [0, 0.05) is 0 Å². The molecule has 11 heteroatoms. The van der Waals surface area contributed by atoms with E-state index in [0.29, 0.717) is 17.1 Å². The molecule has 0 saturated carbocycles. The van der Waals surface area contributed by atoms with Crippen LogP contribution in [-0.4, -0.2) is 23.0 Å². The number of phosphoric acid groups is 1. The predicted molar refractivity (Wildman–Crippen MR) is 120 cm³/mol. The maximum Gasteiger partial charge on any atom is 0.478 e. The van der Waals surface area contributed by atoms with Crippen LogP contribution in [0.3, 0.4) is 0 Å². The molecule has 170 valence electrons. The quantitative estimate of drug-likeness (QED) is 0.293. The highest BCUT2D eigenvalue weighted by atomic mass is 31.2. The summed E-state index contributed by atoms with van der Waals surface area (Å²) >= 11 is 0.